The lowest BCUT2D eigenvalue weighted by atomic mass is 10.1. The number of fused-ring (bicyclic) bond motifs is 1. The summed E-state index contributed by atoms with van der Waals surface area (Å²) in [5.74, 6) is 0.201. The van der Waals surface area contributed by atoms with E-state index in [1.165, 1.54) is 0 Å². The maximum atomic E-state index is 12.0. The minimum atomic E-state index is -0.482. The van der Waals surface area contributed by atoms with E-state index < -0.39 is 5.97 Å². The lowest BCUT2D eigenvalue weighted by molar-refractivity contribution is -0.140. The molecular weight excluding hydrogens is 335 g/mol. The lowest BCUT2D eigenvalue weighted by Gasteiger charge is -2.17. The maximum absolute atomic E-state index is 12.0. The van der Waals surface area contributed by atoms with Gasteiger partial charge in [0.2, 0.25) is 0 Å². The Morgan fingerprint density at radius 2 is 2.29 bits per heavy atom. The van der Waals surface area contributed by atoms with Crippen molar-refractivity contribution in [3.8, 4) is 5.75 Å². The first-order chi connectivity index (χ1) is 10.1. The van der Waals surface area contributed by atoms with Crippen molar-refractivity contribution < 1.29 is 14.3 Å². The van der Waals surface area contributed by atoms with Crippen molar-refractivity contribution in [2.45, 2.75) is 6.61 Å². The van der Waals surface area contributed by atoms with Gasteiger partial charge in [-0.15, -0.1) is 5.10 Å². The summed E-state index contributed by atoms with van der Waals surface area (Å²) in [6.07, 6.45) is 1.70. The second-order valence-electron chi connectivity index (χ2n) is 4.21. The smallest absolute Gasteiger partial charge is 0.337 e. The Labute approximate surface area is 134 Å². The molecule has 0 atom stereocenters. The molecule has 108 valence electrons. The number of benzene rings is 1. The topological polar surface area (TPSA) is 61.3 Å². The molecule has 0 saturated carbocycles. The summed E-state index contributed by atoms with van der Waals surface area (Å²) in [6.45, 7) is 0.129. The molecule has 0 amide bonds. The molecule has 21 heavy (non-hydrogen) atoms. The van der Waals surface area contributed by atoms with Crippen LogP contribution in [0.3, 0.4) is 0 Å². The van der Waals surface area contributed by atoms with Gasteiger partial charge in [0.25, 0.3) is 0 Å². The van der Waals surface area contributed by atoms with Crippen molar-refractivity contribution >= 4 is 46.8 Å². The van der Waals surface area contributed by atoms with Gasteiger partial charge in [0.1, 0.15) is 29.0 Å². The summed E-state index contributed by atoms with van der Waals surface area (Å²) in [6, 6.07) is 5.22. The number of esters is 1. The molecule has 0 spiro atoms. The Balaban J connectivity index is 1.72. The first kappa shape index (κ1) is 14.3. The molecule has 1 aromatic heterocycles. The Bertz CT molecular complexity index is 730. The highest BCUT2D eigenvalue weighted by atomic mass is 35.5. The fraction of sp³-hybridized carbons (Fsp3) is 0.154. The molecule has 0 N–H and O–H groups in total. The van der Waals surface area contributed by atoms with Crippen molar-refractivity contribution in [3.63, 3.8) is 0 Å². The van der Waals surface area contributed by atoms with Gasteiger partial charge in [-0.3, -0.25) is 0 Å². The molecule has 0 unspecified atom stereocenters. The lowest BCUT2D eigenvalue weighted by Crippen LogP contribution is -2.17. The number of hydrogen-bond acceptors (Lipinski definition) is 6. The molecule has 2 aromatic rings. The first-order valence-electron chi connectivity index (χ1n) is 5.90. The number of carbonyl (C=O) groups excluding carboxylic acids is 1. The number of carbonyl (C=O) groups is 1. The van der Waals surface area contributed by atoms with Crippen molar-refractivity contribution in [2.75, 3.05) is 6.61 Å². The molecule has 0 fully saturated rings. The summed E-state index contributed by atoms with van der Waals surface area (Å²) in [5, 5.41) is 4.34. The van der Waals surface area contributed by atoms with E-state index in [1.54, 1.807) is 24.3 Å². The Kier molecular flexibility index (Phi) is 4.10. The van der Waals surface area contributed by atoms with E-state index in [9.17, 15) is 4.79 Å². The van der Waals surface area contributed by atoms with Crippen molar-refractivity contribution in [3.05, 3.63) is 44.4 Å². The van der Waals surface area contributed by atoms with Crippen LogP contribution in [0.1, 0.15) is 11.3 Å². The fourth-order valence-electron chi connectivity index (χ4n) is 1.78. The fourth-order valence-corrected chi connectivity index (χ4v) is 2.56. The first-order valence-corrected chi connectivity index (χ1v) is 7.43. The predicted molar refractivity (Wildman–Crippen MR) is 79.6 cm³/mol. The van der Waals surface area contributed by atoms with Crippen LogP contribution in [-0.4, -0.2) is 22.2 Å². The summed E-state index contributed by atoms with van der Waals surface area (Å²) in [7, 11) is 0. The van der Waals surface area contributed by atoms with Gasteiger partial charge < -0.3 is 9.47 Å². The van der Waals surface area contributed by atoms with Crippen molar-refractivity contribution in [1.82, 2.24) is 9.59 Å². The molecule has 1 aliphatic heterocycles. The minimum absolute atomic E-state index is 0.0199. The number of ether oxygens (including phenoxy) is 2. The molecule has 0 radical (unpaired) electrons. The zero-order valence-corrected chi connectivity index (χ0v) is 12.8. The van der Waals surface area contributed by atoms with Crippen LogP contribution < -0.4 is 4.74 Å². The van der Waals surface area contributed by atoms with Crippen LogP contribution in [-0.2, 0) is 16.1 Å². The van der Waals surface area contributed by atoms with Crippen LogP contribution >= 0.6 is 34.7 Å². The summed E-state index contributed by atoms with van der Waals surface area (Å²) in [5.41, 5.74) is 1.59. The van der Waals surface area contributed by atoms with Gasteiger partial charge in [-0.05, 0) is 24.3 Å². The van der Waals surface area contributed by atoms with Crippen LogP contribution in [0.5, 0.6) is 5.75 Å². The van der Waals surface area contributed by atoms with Gasteiger partial charge in [0.15, 0.2) is 0 Å². The zero-order valence-electron chi connectivity index (χ0n) is 10.5. The van der Waals surface area contributed by atoms with Crippen molar-refractivity contribution in [1.29, 1.82) is 0 Å². The molecular formula is C13H8Cl2N2O3S. The summed E-state index contributed by atoms with van der Waals surface area (Å²) < 4.78 is 14.7. The van der Waals surface area contributed by atoms with Gasteiger partial charge in [-0.25, -0.2) is 4.79 Å². The van der Waals surface area contributed by atoms with Crippen molar-refractivity contribution in [2.24, 2.45) is 0 Å². The molecule has 0 bridgehead atoms. The third-order valence-corrected chi connectivity index (χ3v) is 4.02. The predicted octanol–water partition coefficient (Wildman–Crippen LogP) is 3.36. The van der Waals surface area contributed by atoms with E-state index in [-0.39, 0.29) is 13.2 Å². The Hall–Kier alpha value is -1.63. The number of rotatable bonds is 3. The molecule has 1 aliphatic rings. The molecule has 8 heteroatoms. The molecule has 2 heterocycles. The van der Waals surface area contributed by atoms with Crippen LogP contribution in [0.15, 0.2) is 23.8 Å². The highest BCUT2D eigenvalue weighted by Gasteiger charge is 2.19. The van der Waals surface area contributed by atoms with Crippen LogP contribution in [0.25, 0.3) is 6.08 Å². The highest BCUT2D eigenvalue weighted by molar-refractivity contribution is 7.10. The van der Waals surface area contributed by atoms with E-state index in [2.05, 4.69) is 9.59 Å². The molecule has 0 aliphatic carbocycles. The highest BCUT2D eigenvalue weighted by Crippen LogP contribution is 2.29. The van der Waals surface area contributed by atoms with E-state index in [0.717, 1.165) is 17.1 Å². The Morgan fingerprint density at radius 1 is 1.43 bits per heavy atom. The van der Waals surface area contributed by atoms with Gasteiger partial charge in [-0.2, -0.15) is 0 Å². The van der Waals surface area contributed by atoms with Crippen LogP contribution in [0.4, 0.5) is 0 Å². The quantitative estimate of drug-likeness (QED) is 0.800. The number of hydrogen-bond donors (Lipinski definition) is 0. The zero-order chi connectivity index (χ0) is 14.8. The average Bonchev–Trinajstić information content (AvgIpc) is 2.89. The van der Waals surface area contributed by atoms with Gasteiger partial charge >= 0.3 is 5.97 Å². The molecule has 5 nitrogen and oxygen atoms in total. The number of nitrogens with zero attached hydrogens (tertiary/aromatic N) is 2. The summed E-state index contributed by atoms with van der Waals surface area (Å²) >= 11 is 12.8. The average molecular weight is 343 g/mol. The van der Waals surface area contributed by atoms with E-state index >= 15 is 0 Å². The van der Waals surface area contributed by atoms with Gasteiger partial charge in [-0.1, -0.05) is 27.7 Å². The normalized spacial score (nSPS) is 13.1. The van der Waals surface area contributed by atoms with Gasteiger partial charge in [0, 0.05) is 22.1 Å². The third kappa shape index (κ3) is 3.18. The maximum Gasteiger partial charge on any atom is 0.337 e. The largest absolute Gasteiger partial charge is 0.488 e. The van der Waals surface area contributed by atoms with E-state index in [4.69, 9.17) is 32.7 Å². The van der Waals surface area contributed by atoms with Gasteiger partial charge in [0.05, 0.1) is 5.57 Å². The third-order valence-electron chi connectivity index (χ3n) is 2.80. The second-order valence-corrected chi connectivity index (χ2v) is 6.00. The monoisotopic (exact) mass is 342 g/mol. The molecule has 0 saturated heterocycles. The standard InChI is InChI=1S/C13H8Cl2N2O3S/c14-9-1-2-11-7(4-9)3-8(5-19-11)13(18)20-6-10-12(15)21-17-16-10/h1-4H,5-6H2. The number of halogens is 2. The number of aromatic nitrogens is 2. The second kappa shape index (κ2) is 6.01. The Morgan fingerprint density at radius 3 is 3.05 bits per heavy atom. The van der Waals surface area contributed by atoms with Crippen LogP contribution in [0.2, 0.25) is 9.36 Å². The van der Waals surface area contributed by atoms with Crippen LogP contribution in [0, 0.1) is 0 Å². The minimum Gasteiger partial charge on any atom is -0.488 e. The molecule has 3 rings (SSSR count). The van der Waals surface area contributed by atoms with E-state index in [1.807, 2.05) is 0 Å². The summed E-state index contributed by atoms with van der Waals surface area (Å²) in [4.78, 5) is 12.0. The van der Waals surface area contributed by atoms with E-state index in [0.29, 0.717) is 26.4 Å². The SMILES string of the molecule is O=C(OCc1nnsc1Cl)C1=Cc2cc(Cl)ccc2OC1. The molecule has 1 aromatic carbocycles.